The topological polar surface area (TPSA) is 41.9 Å². The van der Waals surface area contributed by atoms with Gasteiger partial charge < -0.3 is 9.64 Å². The van der Waals surface area contributed by atoms with E-state index in [1.165, 1.54) is 11.3 Å². The van der Waals surface area contributed by atoms with Gasteiger partial charge in [-0.2, -0.15) is 0 Å². The number of para-hydroxylation sites is 1. The van der Waals surface area contributed by atoms with E-state index in [-0.39, 0.29) is 12.0 Å². The first-order valence-corrected chi connectivity index (χ1v) is 9.42. The molecule has 2 aromatic carbocycles. The summed E-state index contributed by atoms with van der Waals surface area (Å²) in [6, 6.07) is 16.5. The minimum atomic E-state index is -0.813. The van der Waals surface area contributed by atoms with Crippen molar-refractivity contribution < 1.29 is 9.53 Å². The molecule has 3 aliphatic heterocycles. The van der Waals surface area contributed by atoms with E-state index < -0.39 is 5.54 Å². The molecular formula is C22H22N2O2. The molecule has 132 valence electrons. The second-order valence-electron chi connectivity index (χ2n) is 7.56. The quantitative estimate of drug-likeness (QED) is 0.740. The summed E-state index contributed by atoms with van der Waals surface area (Å²) in [5.74, 6) is 0.292. The highest BCUT2D eigenvalue weighted by Crippen LogP contribution is 2.45. The number of ether oxygens (including phenoxy) is 1. The number of nitrogens with zero attached hydrogens (tertiary/aromatic N) is 2. The number of carbonyl (C=O) groups excluding carboxylic acids is 1. The average molecular weight is 346 g/mol. The molecule has 4 heteroatoms. The van der Waals surface area contributed by atoms with Crippen LogP contribution in [0.3, 0.4) is 0 Å². The summed E-state index contributed by atoms with van der Waals surface area (Å²) in [6.45, 7) is 3.01. The van der Waals surface area contributed by atoms with Crippen LogP contribution in [0.1, 0.15) is 36.0 Å². The number of cyclic esters (lactones) is 1. The first-order chi connectivity index (χ1) is 12.7. The van der Waals surface area contributed by atoms with Gasteiger partial charge in [0.2, 0.25) is 5.90 Å². The second-order valence-corrected chi connectivity index (χ2v) is 7.56. The van der Waals surface area contributed by atoms with Gasteiger partial charge in [-0.15, -0.1) is 0 Å². The molecule has 5 rings (SSSR count). The summed E-state index contributed by atoms with van der Waals surface area (Å²) in [7, 11) is 0. The van der Waals surface area contributed by atoms with Crippen LogP contribution in [0.25, 0.3) is 0 Å². The summed E-state index contributed by atoms with van der Waals surface area (Å²) in [4.78, 5) is 20.5. The number of anilines is 1. The Morgan fingerprint density at radius 3 is 2.81 bits per heavy atom. The van der Waals surface area contributed by atoms with Crippen LogP contribution < -0.4 is 4.90 Å². The van der Waals surface area contributed by atoms with E-state index in [0.717, 1.165) is 36.9 Å². The zero-order valence-corrected chi connectivity index (χ0v) is 14.9. The van der Waals surface area contributed by atoms with Gasteiger partial charge in [0.05, 0.1) is 6.04 Å². The molecule has 1 saturated heterocycles. The lowest BCUT2D eigenvalue weighted by molar-refractivity contribution is -0.140. The van der Waals surface area contributed by atoms with Crippen LogP contribution in [0.2, 0.25) is 0 Å². The van der Waals surface area contributed by atoms with Gasteiger partial charge in [0.1, 0.15) is 0 Å². The van der Waals surface area contributed by atoms with Gasteiger partial charge in [-0.25, -0.2) is 9.79 Å². The molecule has 0 aliphatic carbocycles. The molecule has 0 radical (unpaired) electrons. The van der Waals surface area contributed by atoms with Crippen LogP contribution in [-0.2, 0) is 16.0 Å². The highest BCUT2D eigenvalue weighted by molar-refractivity contribution is 6.09. The summed E-state index contributed by atoms with van der Waals surface area (Å²) in [5.41, 5.74) is 3.63. The molecule has 4 nitrogen and oxygen atoms in total. The third-order valence-electron chi connectivity index (χ3n) is 6.03. The van der Waals surface area contributed by atoms with Gasteiger partial charge in [-0.05, 0) is 49.4 Å². The minimum absolute atomic E-state index is 0.0835. The number of piperidine rings is 1. The van der Waals surface area contributed by atoms with Crippen LogP contribution in [0.5, 0.6) is 0 Å². The number of aliphatic imine (C=N–C) groups is 1. The smallest absolute Gasteiger partial charge is 0.343 e. The Labute approximate surface area is 153 Å². The predicted octanol–water partition coefficient (Wildman–Crippen LogP) is 3.65. The average Bonchev–Trinajstić information content (AvgIpc) is 2.99. The summed E-state index contributed by atoms with van der Waals surface area (Å²) in [6.07, 6.45) is 3.89. The van der Waals surface area contributed by atoms with Gasteiger partial charge in [-0.1, -0.05) is 36.4 Å². The zero-order chi connectivity index (χ0) is 17.7. The number of carbonyl (C=O) groups is 1. The number of benzene rings is 2. The van der Waals surface area contributed by atoms with Crippen molar-refractivity contribution in [1.29, 1.82) is 0 Å². The first kappa shape index (κ1) is 15.6. The van der Waals surface area contributed by atoms with Crippen molar-refractivity contribution in [2.24, 2.45) is 4.99 Å². The largest absolute Gasteiger partial charge is 0.405 e. The Bertz CT molecular complexity index is 920. The summed E-state index contributed by atoms with van der Waals surface area (Å²) < 4.78 is 5.77. The molecule has 2 atom stereocenters. The minimum Gasteiger partial charge on any atom is -0.405 e. The van der Waals surface area contributed by atoms with Crippen molar-refractivity contribution in [3.63, 3.8) is 0 Å². The molecule has 0 amide bonds. The number of hydrogen-bond acceptors (Lipinski definition) is 4. The number of rotatable bonds is 1. The highest BCUT2D eigenvalue weighted by Gasteiger charge is 2.57. The number of aryl methyl sites for hydroxylation is 1. The Morgan fingerprint density at radius 2 is 1.92 bits per heavy atom. The Balaban J connectivity index is 1.65. The molecule has 26 heavy (non-hydrogen) atoms. The maximum absolute atomic E-state index is 13.1. The Kier molecular flexibility index (Phi) is 3.42. The SMILES string of the molecule is Cc1ccccc1C1=N[C@@]2(Cc3ccccc3N3CCCC[C@@H]32)C(=O)O1. The molecule has 3 aliphatic rings. The summed E-state index contributed by atoms with van der Waals surface area (Å²) in [5, 5.41) is 0. The van der Waals surface area contributed by atoms with E-state index in [4.69, 9.17) is 9.73 Å². The number of fused-ring (bicyclic) bond motifs is 4. The molecule has 3 heterocycles. The van der Waals surface area contributed by atoms with Crippen molar-refractivity contribution >= 4 is 17.6 Å². The van der Waals surface area contributed by atoms with Gasteiger partial charge in [0.25, 0.3) is 0 Å². The standard InChI is InChI=1S/C22H22N2O2/c1-15-8-2-4-10-17(15)20-23-22(21(25)26-20)14-16-9-3-5-11-18(16)24-13-7-6-12-19(22)24/h2-5,8-11,19H,6-7,12-14H2,1H3/t19-,22-/m1/s1. The van der Waals surface area contributed by atoms with E-state index in [1.807, 2.05) is 37.3 Å². The fourth-order valence-electron chi connectivity index (χ4n) is 4.74. The summed E-state index contributed by atoms with van der Waals surface area (Å²) >= 11 is 0. The lowest BCUT2D eigenvalue weighted by Gasteiger charge is -2.48. The third kappa shape index (κ3) is 2.14. The molecule has 0 aromatic heterocycles. The fraction of sp³-hybridized carbons (Fsp3) is 0.364. The molecular weight excluding hydrogens is 324 g/mol. The molecule has 2 aromatic rings. The third-order valence-corrected chi connectivity index (χ3v) is 6.03. The molecule has 0 N–H and O–H groups in total. The van der Waals surface area contributed by atoms with Gasteiger partial charge in [0, 0.05) is 24.2 Å². The second kappa shape index (κ2) is 5.70. The monoisotopic (exact) mass is 346 g/mol. The maximum atomic E-state index is 13.1. The van der Waals surface area contributed by atoms with E-state index >= 15 is 0 Å². The lowest BCUT2D eigenvalue weighted by atomic mass is 9.75. The van der Waals surface area contributed by atoms with Crippen LogP contribution in [-0.4, -0.2) is 30.0 Å². The Hall–Kier alpha value is -2.62. The van der Waals surface area contributed by atoms with E-state index in [1.54, 1.807) is 0 Å². The normalized spacial score (nSPS) is 27.0. The predicted molar refractivity (Wildman–Crippen MR) is 102 cm³/mol. The van der Waals surface area contributed by atoms with E-state index in [2.05, 4.69) is 23.1 Å². The van der Waals surface area contributed by atoms with Crippen LogP contribution in [0.15, 0.2) is 53.5 Å². The van der Waals surface area contributed by atoms with E-state index in [0.29, 0.717) is 12.3 Å². The molecule has 0 bridgehead atoms. The van der Waals surface area contributed by atoms with Crippen LogP contribution >= 0.6 is 0 Å². The lowest BCUT2D eigenvalue weighted by Crippen LogP contribution is -2.61. The molecule has 0 saturated carbocycles. The highest BCUT2D eigenvalue weighted by atomic mass is 16.6. The van der Waals surface area contributed by atoms with Crippen molar-refractivity contribution in [3.8, 4) is 0 Å². The maximum Gasteiger partial charge on any atom is 0.343 e. The molecule has 0 unspecified atom stereocenters. The Morgan fingerprint density at radius 1 is 1.12 bits per heavy atom. The number of hydrogen-bond donors (Lipinski definition) is 0. The fourth-order valence-corrected chi connectivity index (χ4v) is 4.74. The zero-order valence-electron chi connectivity index (χ0n) is 14.9. The van der Waals surface area contributed by atoms with Gasteiger partial charge >= 0.3 is 5.97 Å². The van der Waals surface area contributed by atoms with E-state index in [9.17, 15) is 4.79 Å². The number of esters is 1. The van der Waals surface area contributed by atoms with Gasteiger partial charge in [0.15, 0.2) is 5.54 Å². The first-order valence-electron chi connectivity index (χ1n) is 9.42. The molecule has 1 spiro atoms. The van der Waals surface area contributed by atoms with Crippen LogP contribution in [0, 0.1) is 6.92 Å². The van der Waals surface area contributed by atoms with Crippen molar-refractivity contribution in [3.05, 3.63) is 65.2 Å². The van der Waals surface area contributed by atoms with Crippen molar-refractivity contribution in [1.82, 2.24) is 0 Å². The van der Waals surface area contributed by atoms with Crippen LogP contribution in [0.4, 0.5) is 5.69 Å². The van der Waals surface area contributed by atoms with Gasteiger partial charge in [-0.3, -0.25) is 0 Å². The van der Waals surface area contributed by atoms with Crippen molar-refractivity contribution in [2.75, 3.05) is 11.4 Å². The molecule has 1 fully saturated rings. The van der Waals surface area contributed by atoms with Crippen molar-refractivity contribution in [2.45, 2.75) is 44.2 Å².